The van der Waals surface area contributed by atoms with Crippen molar-refractivity contribution in [3.05, 3.63) is 76.3 Å². The topological polar surface area (TPSA) is 68.3 Å². The SMILES string of the molecule is CN(Cc1ccccc1F)C(=O)Cn1nc(-c2ccc(F)cc2)oc1=O. The summed E-state index contributed by atoms with van der Waals surface area (Å²) in [6, 6.07) is 11.4. The molecule has 1 heterocycles. The Morgan fingerprint density at radius 1 is 1.15 bits per heavy atom. The summed E-state index contributed by atoms with van der Waals surface area (Å²) >= 11 is 0. The number of amides is 1. The molecule has 6 nitrogen and oxygen atoms in total. The van der Waals surface area contributed by atoms with Crippen molar-refractivity contribution < 1.29 is 18.0 Å². The van der Waals surface area contributed by atoms with Gasteiger partial charge in [0.25, 0.3) is 0 Å². The monoisotopic (exact) mass is 359 g/mol. The van der Waals surface area contributed by atoms with Gasteiger partial charge in [0.2, 0.25) is 11.8 Å². The highest BCUT2D eigenvalue weighted by atomic mass is 19.1. The van der Waals surface area contributed by atoms with Gasteiger partial charge >= 0.3 is 5.76 Å². The molecule has 134 valence electrons. The number of rotatable bonds is 5. The van der Waals surface area contributed by atoms with Crippen molar-refractivity contribution in [1.29, 1.82) is 0 Å². The minimum Gasteiger partial charge on any atom is -0.388 e. The number of likely N-dealkylation sites (N-methyl/N-ethyl adjacent to an activating group) is 1. The first kappa shape index (κ1) is 17.5. The molecule has 0 saturated heterocycles. The molecule has 3 rings (SSSR count). The summed E-state index contributed by atoms with van der Waals surface area (Å²) in [6.07, 6.45) is 0. The standard InChI is InChI=1S/C18H15F2N3O3/c1-22(10-13-4-2-3-5-15(13)20)16(24)11-23-18(25)26-17(21-23)12-6-8-14(19)9-7-12/h2-9H,10-11H2,1H3. The van der Waals surface area contributed by atoms with Gasteiger partial charge in [0.05, 0.1) is 0 Å². The van der Waals surface area contributed by atoms with Crippen molar-refractivity contribution in [2.24, 2.45) is 0 Å². The van der Waals surface area contributed by atoms with Crippen molar-refractivity contribution in [2.45, 2.75) is 13.1 Å². The van der Waals surface area contributed by atoms with Crippen LogP contribution in [0, 0.1) is 11.6 Å². The minimum atomic E-state index is -0.808. The van der Waals surface area contributed by atoms with E-state index >= 15 is 0 Å². The number of aromatic nitrogens is 2. The van der Waals surface area contributed by atoms with Crippen LogP contribution < -0.4 is 5.76 Å². The number of carbonyl (C=O) groups is 1. The number of hydrogen-bond donors (Lipinski definition) is 0. The highest BCUT2D eigenvalue weighted by Crippen LogP contribution is 2.15. The average Bonchev–Trinajstić information content (AvgIpc) is 2.98. The Morgan fingerprint density at radius 2 is 1.85 bits per heavy atom. The fraction of sp³-hybridized carbons (Fsp3) is 0.167. The second-order valence-corrected chi connectivity index (χ2v) is 5.68. The maximum absolute atomic E-state index is 13.7. The van der Waals surface area contributed by atoms with Gasteiger partial charge in [-0.15, -0.1) is 5.10 Å². The van der Waals surface area contributed by atoms with E-state index in [1.807, 2.05) is 0 Å². The highest BCUT2D eigenvalue weighted by Gasteiger charge is 2.17. The Morgan fingerprint density at radius 3 is 2.54 bits per heavy atom. The molecule has 8 heteroatoms. The van der Waals surface area contributed by atoms with Gasteiger partial charge in [-0.25, -0.2) is 13.6 Å². The Balaban J connectivity index is 1.72. The summed E-state index contributed by atoms with van der Waals surface area (Å²) in [5, 5.41) is 3.95. The number of halogens is 2. The van der Waals surface area contributed by atoms with Crippen molar-refractivity contribution in [3.8, 4) is 11.5 Å². The van der Waals surface area contributed by atoms with Crippen LogP contribution in [0.1, 0.15) is 5.56 Å². The van der Waals surface area contributed by atoms with Crippen LogP contribution in [0.4, 0.5) is 8.78 Å². The van der Waals surface area contributed by atoms with Gasteiger partial charge in [-0.2, -0.15) is 4.68 Å². The van der Waals surface area contributed by atoms with E-state index in [0.29, 0.717) is 11.1 Å². The molecule has 26 heavy (non-hydrogen) atoms. The van der Waals surface area contributed by atoms with Crippen LogP contribution in [-0.2, 0) is 17.9 Å². The number of nitrogens with zero attached hydrogens (tertiary/aromatic N) is 3. The van der Waals surface area contributed by atoms with Gasteiger partial charge in [-0.05, 0) is 30.3 Å². The van der Waals surface area contributed by atoms with Crippen LogP contribution in [0.25, 0.3) is 11.5 Å². The molecule has 0 saturated carbocycles. The third-order valence-electron chi connectivity index (χ3n) is 3.77. The zero-order valence-corrected chi connectivity index (χ0v) is 13.9. The van der Waals surface area contributed by atoms with Crippen molar-refractivity contribution in [3.63, 3.8) is 0 Å². The predicted octanol–water partition coefficient (Wildman–Crippen LogP) is 2.44. The molecule has 0 bridgehead atoms. The van der Waals surface area contributed by atoms with E-state index in [2.05, 4.69) is 5.10 Å². The molecule has 0 fully saturated rings. The van der Waals surface area contributed by atoms with Crippen LogP contribution >= 0.6 is 0 Å². The molecular formula is C18H15F2N3O3. The maximum atomic E-state index is 13.7. The minimum absolute atomic E-state index is 0.0143. The van der Waals surface area contributed by atoms with E-state index in [9.17, 15) is 18.4 Å². The van der Waals surface area contributed by atoms with Crippen molar-refractivity contribution in [1.82, 2.24) is 14.7 Å². The second-order valence-electron chi connectivity index (χ2n) is 5.68. The molecule has 0 unspecified atom stereocenters. The van der Waals surface area contributed by atoms with Crippen molar-refractivity contribution >= 4 is 5.91 Å². The lowest BCUT2D eigenvalue weighted by Gasteiger charge is -2.17. The van der Waals surface area contributed by atoms with Crippen LogP contribution in [0.15, 0.2) is 57.7 Å². The normalized spacial score (nSPS) is 10.7. The van der Waals surface area contributed by atoms with Gasteiger partial charge in [0.1, 0.15) is 18.2 Å². The van der Waals surface area contributed by atoms with E-state index in [-0.39, 0.29) is 19.0 Å². The van der Waals surface area contributed by atoms with Gasteiger partial charge in [0.15, 0.2) is 0 Å². The third-order valence-corrected chi connectivity index (χ3v) is 3.77. The summed E-state index contributed by atoms with van der Waals surface area (Å²) < 4.78 is 32.5. The molecular weight excluding hydrogens is 344 g/mol. The van der Waals surface area contributed by atoms with Crippen LogP contribution in [0.5, 0.6) is 0 Å². The summed E-state index contributed by atoms with van der Waals surface area (Å²) in [7, 11) is 1.50. The molecule has 3 aromatic rings. The summed E-state index contributed by atoms with van der Waals surface area (Å²) in [5.74, 6) is -2.10. The molecule has 0 atom stereocenters. The van der Waals surface area contributed by atoms with Crippen LogP contribution in [0.2, 0.25) is 0 Å². The summed E-state index contributed by atoms with van der Waals surface area (Å²) in [4.78, 5) is 25.5. The number of hydrogen-bond acceptors (Lipinski definition) is 4. The predicted molar refractivity (Wildman–Crippen MR) is 89.0 cm³/mol. The third kappa shape index (κ3) is 3.85. The first-order valence-electron chi connectivity index (χ1n) is 7.75. The van der Waals surface area contributed by atoms with Crippen LogP contribution in [0.3, 0.4) is 0 Å². The quantitative estimate of drug-likeness (QED) is 0.702. The van der Waals surface area contributed by atoms with Crippen LogP contribution in [-0.4, -0.2) is 27.6 Å². The average molecular weight is 359 g/mol. The molecule has 0 radical (unpaired) electrons. The molecule has 0 aliphatic heterocycles. The number of benzene rings is 2. The Labute approximate surface area is 147 Å². The zero-order valence-electron chi connectivity index (χ0n) is 13.9. The smallest absolute Gasteiger partial charge is 0.388 e. The molecule has 1 aromatic heterocycles. The largest absolute Gasteiger partial charge is 0.437 e. The van der Waals surface area contributed by atoms with E-state index in [4.69, 9.17) is 4.42 Å². The molecule has 2 aromatic carbocycles. The molecule has 0 aliphatic rings. The van der Waals surface area contributed by atoms with Gasteiger partial charge < -0.3 is 9.32 Å². The van der Waals surface area contributed by atoms with E-state index in [1.165, 1.54) is 42.3 Å². The lowest BCUT2D eigenvalue weighted by molar-refractivity contribution is -0.131. The first-order valence-corrected chi connectivity index (χ1v) is 7.75. The maximum Gasteiger partial charge on any atom is 0.437 e. The lowest BCUT2D eigenvalue weighted by Crippen LogP contribution is -2.33. The fourth-order valence-electron chi connectivity index (χ4n) is 2.33. The summed E-state index contributed by atoms with van der Waals surface area (Å²) in [5.41, 5.74) is 0.775. The lowest BCUT2D eigenvalue weighted by atomic mass is 10.2. The van der Waals surface area contributed by atoms with E-state index in [0.717, 1.165) is 4.68 Å². The fourth-order valence-corrected chi connectivity index (χ4v) is 2.33. The Bertz CT molecular complexity index is 980. The summed E-state index contributed by atoms with van der Waals surface area (Å²) in [6.45, 7) is -0.294. The van der Waals surface area contributed by atoms with E-state index < -0.39 is 23.3 Å². The molecule has 0 aliphatic carbocycles. The number of carbonyl (C=O) groups excluding carboxylic acids is 1. The first-order chi connectivity index (χ1) is 12.4. The van der Waals surface area contributed by atoms with E-state index in [1.54, 1.807) is 18.2 Å². The van der Waals surface area contributed by atoms with Gasteiger partial charge in [0, 0.05) is 24.7 Å². The Hall–Kier alpha value is -3.29. The second kappa shape index (κ2) is 7.30. The highest BCUT2D eigenvalue weighted by molar-refractivity contribution is 5.75. The van der Waals surface area contributed by atoms with Gasteiger partial charge in [-0.1, -0.05) is 18.2 Å². The Kier molecular flexibility index (Phi) is 4.92. The zero-order chi connectivity index (χ0) is 18.7. The molecule has 0 spiro atoms. The van der Waals surface area contributed by atoms with Crippen molar-refractivity contribution in [2.75, 3.05) is 7.05 Å². The van der Waals surface area contributed by atoms with Gasteiger partial charge in [-0.3, -0.25) is 4.79 Å². The molecule has 1 amide bonds. The molecule has 0 N–H and O–H groups in total.